The Morgan fingerprint density at radius 2 is 1.95 bits per heavy atom. The third-order valence-corrected chi connectivity index (χ3v) is 2.98. The van der Waals surface area contributed by atoms with Gasteiger partial charge < -0.3 is 10.4 Å². The minimum absolute atomic E-state index is 0.264. The van der Waals surface area contributed by atoms with Gasteiger partial charge in [0.15, 0.2) is 0 Å². The molecule has 0 saturated carbocycles. The third kappa shape index (κ3) is 5.09. The Balaban J connectivity index is 2.58. The summed E-state index contributed by atoms with van der Waals surface area (Å²) in [5.41, 5.74) is 1.13. The van der Waals surface area contributed by atoms with Gasteiger partial charge in [0.1, 0.15) is 6.54 Å². The number of hydrogen-bond donors (Lipinski definition) is 2. The van der Waals surface area contributed by atoms with Crippen molar-refractivity contribution in [2.24, 2.45) is 0 Å². The first kappa shape index (κ1) is 15.2. The summed E-state index contributed by atoms with van der Waals surface area (Å²) in [4.78, 5) is 24.2. The minimum Gasteiger partial charge on any atom is -0.480 e. The van der Waals surface area contributed by atoms with E-state index in [1.54, 1.807) is 6.92 Å². The molecule has 0 aliphatic carbocycles. The van der Waals surface area contributed by atoms with Crippen LogP contribution in [0.2, 0.25) is 0 Å². The molecule has 1 atom stereocenters. The Morgan fingerprint density at radius 3 is 2.47 bits per heavy atom. The summed E-state index contributed by atoms with van der Waals surface area (Å²) in [5, 5.41) is 10.9. The molecule has 2 N–H and O–H groups in total. The second kappa shape index (κ2) is 7.53. The number of carboxylic acids is 1. The molecular weight excluding hydrogens is 244 g/mol. The molecule has 0 spiro atoms. The molecule has 5 nitrogen and oxygen atoms in total. The van der Waals surface area contributed by atoms with Gasteiger partial charge in [0, 0.05) is 6.54 Å². The normalized spacial score (nSPS) is 12.2. The molecule has 1 unspecified atom stereocenters. The smallest absolute Gasteiger partial charge is 0.322 e. The van der Waals surface area contributed by atoms with E-state index in [-0.39, 0.29) is 18.5 Å². The number of aliphatic carboxylic acids is 1. The van der Waals surface area contributed by atoms with Gasteiger partial charge in [0.05, 0.1) is 6.04 Å². The predicted molar refractivity (Wildman–Crippen MR) is 72.6 cm³/mol. The maximum absolute atomic E-state index is 11.8. The van der Waals surface area contributed by atoms with E-state index in [0.717, 1.165) is 12.1 Å². The molecule has 1 aromatic carbocycles. The topological polar surface area (TPSA) is 69.6 Å². The average molecular weight is 264 g/mol. The number of likely N-dealkylation sites (N-methyl/N-ethyl adjacent to an activating group) is 1. The van der Waals surface area contributed by atoms with Crippen LogP contribution in [0.15, 0.2) is 30.3 Å². The van der Waals surface area contributed by atoms with Crippen molar-refractivity contribution in [1.29, 1.82) is 0 Å². The van der Waals surface area contributed by atoms with Crippen LogP contribution in [-0.2, 0) is 16.1 Å². The molecular formula is C14H20N2O3. The molecule has 5 heteroatoms. The van der Waals surface area contributed by atoms with Crippen molar-refractivity contribution in [3.63, 3.8) is 0 Å². The number of hydrogen-bond acceptors (Lipinski definition) is 3. The van der Waals surface area contributed by atoms with Crippen molar-refractivity contribution < 1.29 is 14.7 Å². The molecule has 1 amide bonds. The summed E-state index contributed by atoms with van der Waals surface area (Å²) in [6, 6.07) is 9.51. The Morgan fingerprint density at radius 1 is 1.32 bits per heavy atom. The van der Waals surface area contributed by atoms with E-state index in [2.05, 4.69) is 5.32 Å². The third-order valence-electron chi connectivity index (χ3n) is 2.98. The predicted octanol–water partition coefficient (Wildman–Crippen LogP) is 1.10. The lowest BCUT2D eigenvalue weighted by Gasteiger charge is -2.26. The average Bonchev–Trinajstić information content (AvgIpc) is 2.42. The highest BCUT2D eigenvalue weighted by Crippen LogP contribution is 2.08. The van der Waals surface area contributed by atoms with E-state index in [1.165, 1.54) is 0 Å². The monoisotopic (exact) mass is 264 g/mol. The number of nitrogens with one attached hydrogen (secondary N) is 1. The van der Waals surface area contributed by atoms with Crippen molar-refractivity contribution >= 4 is 11.9 Å². The summed E-state index contributed by atoms with van der Waals surface area (Å²) < 4.78 is 0. The summed E-state index contributed by atoms with van der Waals surface area (Å²) >= 11 is 0. The van der Waals surface area contributed by atoms with Crippen LogP contribution in [0.1, 0.15) is 19.4 Å². The van der Waals surface area contributed by atoms with E-state index < -0.39 is 5.97 Å². The largest absolute Gasteiger partial charge is 0.480 e. The first-order chi connectivity index (χ1) is 9.04. The SMILES string of the molecule is CCN(Cc1ccccc1)C(C)C(=O)NCC(=O)O. The van der Waals surface area contributed by atoms with E-state index in [4.69, 9.17) is 5.11 Å². The fourth-order valence-corrected chi connectivity index (χ4v) is 1.82. The summed E-state index contributed by atoms with van der Waals surface area (Å²) in [6.07, 6.45) is 0. The van der Waals surface area contributed by atoms with Crippen molar-refractivity contribution in [3.05, 3.63) is 35.9 Å². The molecule has 0 saturated heterocycles. The van der Waals surface area contributed by atoms with Crippen LogP contribution in [0.4, 0.5) is 0 Å². The van der Waals surface area contributed by atoms with Gasteiger partial charge in [-0.1, -0.05) is 37.3 Å². The van der Waals surface area contributed by atoms with E-state index in [0.29, 0.717) is 6.54 Å². The Labute approximate surface area is 113 Å². The first-order valence-corrected chi connectivity index (χ1v) is 6.32. The van der Waals surface area contributed by atoms with Gasteiger partial charge in [-0.05, 0) is 19.0 Å². The number of carbonyl (C=O) groups excluding carboxylic acids is 1. The van der Waals surface area contributed by atoms with E-state index in [9.17, 15) is 9.59 Å². The van der Waals surface area contributed by atoms with E-state index >= 15 is 0 Å². The highest BCUT2D eigenvalue weighted by Gasteiger charge is 2.20. The first-order valence-electron chi connectivity index (χ1n) is 6.32. The number of carboxylic acid groups (broad SMARTS) is 1. The van der Waals surface area contributed by atoms with Crippen LogP contribution < -0.4 is 5.32 Å². The van der Waals surface area contributed by atoms with Crippen LogP contribution in [0, 0.1) is 0 Å². The van der Waals surface area contributed by atoms with Gasteiger partial charge in [-0.3, -0.25) is 14.5 Å². The van der Waals surface area contributed by atoms with Crippen LogP contribution in [0.25, 0.3) is 0 Å². The van der Waals surface area contributed by atoms with Crippen molar-refractivity contribution in [2.75, 3.05) is 13.1 Å². The van der Waals surface area contributed by atoms with Gasteiger partial charge in [0.2, 0.25) is 5.91 Å². The van der Waals surface area contributed by atoms with Gasteiger partial charge in [-0.25, -0.2) is 0 Å². The Bertz CT molecular complexity index is 420. The maximum atomic E-state index is 11.8. The molecule has 0 heterocycles. The zero-order valence-corrected chi connectivity index (χ0v) is 11.3. The zero-order valence-electron chi connectivity index (χ0n) is 11.3. The molecule has 1 aromatic rings. The molecule has 0 radical (unpaired) electrons. The van der Waals surface area contributed by atoms with Crippen molar-refractivity contribution in [1.82, 2.24) is 10.2 Å². The number of rotatable bonds is 7. The highest BCUT2D eigenvalue weighted by molar-refractivity contribution is 5.84. The fraction of sp³-hybridized carbons (Fsp3) is 0.429. The quantitative estimate of drug-likeness (QED) is 0.773. The lowest BCUT2D eigenvalue weighted by atomic mass is 10.1. The van der Waals surface area contributed by atoms with Crippen molar-refractivity contribution in [2.45, 2.75) is 26.4 Å². The van der Waals surface area contributed by atoms with Crippen LogP contribution in [-0.4, -0.2) is 41.0 Å². The molecule has 1 rings (SSSR count). The van der Waals surface area contributed by atoms with Crippen molar-refractivity contribution in [3.8, 4) is 0 Å². The van der Waals surface area contributed by atoms with Gasteiger partial charge in [-0.2, -0.15) is 0 Å². The molecule has 0 aliphatic rings. The number of benzene rings is 1. The second-order valence-electron chi connectivity index (χ2n) is 4.34. The standard InChI is InChI=1S/C14H20N2O3/c1-3-16(10-12-7-5-4-6-8-12)11(2)14(19)15-9-13(17)18/h4-8,11H,3,9-10H2,1-2H3,(H,15,19)(H,17,18). The Hall–Kier alpha value is -1.88. The van der Waals surface area contributed by atoms with Crippen LogP contribution in [0.3, 0.4) is 0 Å². The molecule has 104 valence electrons. The summed E-state index contributed by atoms with van der Waals surface area (Å²) in [7, 11) is 0. The fourth-order valence-electron chi connectivity index (χ4n) is 1.82. The number of nitrogens with zero attached hydrogens (tertiary/aromatic N) is 1. The van der Waals surface area contributed by atoms with E-state index in [1.807, 2.05) is 42.2 Å². The van der Waals surface area contributed by atoms with Gasteiger partial charge in [0.25, 0.3) is 0 Å². The van der Waals surface area contributed by atoms with Gasteiger partial charge >= 0.3 is 5.97 Å². The van der Waals surface area contributed by atoms with Gasteiger partial charge in [-0.15, -0.1) is 0 Å². The molecule has 0 fully saturated rings. The lowest BCUT2D eigenvalue weighted by Crippen LogP contribution is -2.46. The lowest BCUT2D eigenvalue weighted by molar-refractivity contribution is -0.138. The minimum atomic E-state index is -1.04. The summed E-state index contributed by atoms with van der Waals surface area (Å²) in [6.45, 7) is 4.80. The van der Waals surface area contributed by atoms with Crippen LogP contribution in [0.5, 0.6) is 0 Å². The summed E-state index contributed by atoms with van der Waals surface area (Å²) in [5.74, 6) is -1.30. The molecule has 19 heavy (non-hydrogen) atoms. The molecule has 0 bridgehead atoms. The Kier molecular flexibility index (Phi) is 6.02. The number of carbonyl (C=O) groups is 2. The highest BCUT2D eigenvalue weighted by atomic mass is 16.4. The molecule has 0 aromatic heterocycles. The maximum Gasteiger partial charge on any atom is 0.322 e. The second-order valence-corrected chi connectivity index (χ2v) is 4.34. The number of amides is 1. The zero-order chi connectivity index (χ0) is 14.3. The molecule has 0 aliphatic heterocycles. The van der Waals surface area contributed by atoms with Crippen LogP contribution >= 0.6 is 0 Å².